The molecule has 0 aromatic heterocycles. The molecule has 1 saturated carbocycles. The molecular formula is C15H25N3O. The maximum atomic E-state index is 5.87. The van der Waals surface area contributed by atoms with Crippen molar-refractivity contribution < 1.29 is 4.74 Å². The fraction of sp³-hybridized carbons (Fsp3) is 0.600. The molecule has 1 atom stereocenters. The second-order valence-electron chi connectivity index (χ2n) is 5.58. The molecule has 1 unspecified atom stereocenters. The van der Waals surface area contributed by atoms with Gasteiger partial charge in [0.25, 0.3) is 0 Å². The standard InChI is InChI=1S/C15H25N3O/c1-18(2)15(10-4-5-11-15)14(17-16)12-6-8-13(19-3)9-7-12/h6-9,14,17H,4-5,10-11,16H2,1-3H3. The summed E-state index contributed by atoms with van der Waals surface area (Å²) in [6.07, 6.45) is 4.90. The fourth-order valence-electron chi connectivity index (χ4n) is 3.34. The Labute approximate surface area is 115 Å². The van der Waals surface area contributed by atoms with E-state index >= 15 is 0 Å². The van der Waals surface area contributed by atoms with Gasteiger partial charge in [0.2, 0.25) is 0 Å². The van der Waals surface area contributed by atoms with Crippen molar-refractivity contribution in [1.29, 1.82) is 0 Å². The molecular weight excluding hydrogens is 238 g/mol. The molecule has 0 saturated heterocycles. The molecule has 0 bridgehead atoms. The normalized spacial score (nSPS) is 19.6. The van der Waals surface area contributed by atoms with Crippen LogP contribution in [0.25, 0.3) is 0 Å². The third kappa shape index (κ3) is 2.61. The number of methoxy groups -OCH3 is 1. The largest absolute Gasteiger partial charge is 0.497 e. The molecule has 1 fully saturated rings. The summed E-state index contributed by atoms with van der Waals surface area (Å²) in [7, 11) is 5.99. The second kappa shape index (κ2) is 5.90. The van der Waals surface area contributed by atoms with Crippen LogP contribution in [0.15, 0.2) is 24.3 Å². The maximum Gasteiger partial charge on any atom is 0.118 e. The van der Waals surface area contributed by atoms with Crippen LogP contribution in [-0.2, 0) is 0 Å². The first-order chi connectivity index (χ1) is 9.14. The summed E-state index contributed by atoms with van der Waals surface area (Å²) in [4.78, 5) is 2.33. The lowest BCUT2D eigenvalue weighted by Crippen LogP contribution is -2.53. The van der Waals surface area contributed by atoms with Gasteiger partial charge < -0.3 is 9.64 Å². The predicted molar refractivity (Wildman–Crippen MR) is 77.9 cm³/mol. The Morgan fingerprint density at radius 3 is 2.21 bits per heavy atom. The molecule has 1 aliphatic rings. The predicted octanol–water partition coefficient (Wildman–Crippen LogP) is 2.07. The van der Waals surface area contributed by atoms with Crippen molar-refractivity contribution in [3.05, 3.63) is 29.8 Å². The number of benzene rings is 1. The highest BCUT2D eigenvalue weighted by Gasteiger charge is 2.43. The molecule has 0 aliphatic heterocycles. The molecule has 1 aromatic carbocycles. The van der Waals surface area contributed by atoms with Crippen LogP contribution in [0, 0.1) is 0 Å². The molecule has 1 aliphatic carbocycles. The van der Waals surface area contributed by atoms with Crippen molar-refractivity contribution in [1.82, 2.24) is 10.3 Å². The number of nitrogens with one attached hydrogen (secondary N) is 1. The summed E-state index contributed by atoms with van der Waals surface area (Å²) in [6, 6.07) is 8.35. The number of hydrazine groups is 1. The fourth-order valence-corrected chi connectivity index (χ4v) is 3.34. The number of hydrogen-bond donors (Lipinski definition) is 2. The molecule has 4 nitrogen and oxygen atoms in total. The lowest BCUT2D eigenvalue weighted by atomic mass is 9.83. The molecule has 0 heterocycles. The average Bonchev–Trinajstić information content (AvgIpc) is 2.91. The highest BCUT2D eigenvalue weighted by molar-refractivity contribution is 5.31. The monoisotopic (exact) mass is 263 g/mol. The van der Waals surface area contributed by atoms with E-state index in [1.54, 1.807) is 7.11 Å². The molecule has 19 heavy (non-hydrogen) atoms. The van der Waals surface area contributed by atoms with Gasteiger partial charge in [0.05, 0.1) is 13.2 Å². The Morgan fingerprint density at radius 1 is 1.21 bits per heavy atom. The van der Waals surface area contributed by atoms with Gasteiger partial charge >= 0.3 is 0 Å². The third-order valence-corrected chi connectivity index (χ3v) is 4.51. The quantitative estimate of drug-likeness (QED) is 0.631. The van der Waals surface area contributed by atoms with Crippen molar-refractivity contribution in [2.45, 2.75) is 37.3 Å². The first-order valence-electron chi connectivity index (χ1n) is 6.91. The highest BCUT2D eigenvalue weighted by Crippen LogP contribution is 2.43. The minimum atomic E-state index is 0.114. The van der Waals surface area contributed by atoms with E-state index in [9.17, 15) is 0 Å². The first-order valence-corrected chi connectivity index (χ1v) is 6.91. The topological polar surface area (TPSA) is 50.5 Å². The number of likely N-dealkylation sites (N-methyl/N-ethyl adjacent to an activating group) is 1. The van der Waals surface area contributed by atoms with Gasteiger partial charge in [-0.15, -0.1) is 0 Å². The van der Waals surface area contributed by atoms with Gasteiger partial charge in [0.1, 0.15) is 5.75 Å². The molecule has 4 heteroatoms. The van der Waals surface area contributed by atoms with E-state index in [-0.39, 0.29) is 11.6 Å². The zero-order valence-corrected chi connectivity index (χ0v) is 12.1. The van der Waals surface area contributed by atoms with Gasteiger partial charge in [0, 0.05) is 5.54 Å². The number of nitrogens with zero attached hydrogens (tertiary/aromatic N) is 1. The van der Waals surface area contributed by atoms with Crippen LogP contribution in [0.4, 0.5) is 0 Å². The summed E-state index contributed by atoms with van der Waals surface area (Å²) in [5, 5.41) is 0. The number of rotatable bonds is 5. The third-order valence-electron chi connectivity index (χ3n) is 4.51. The highest BCUT2D eigenvalue weighted by atomic mass is 16.5. The van der Waals surface area contributed by atoms with Gasteiger partial charge in [-0.25, -0.2) is 0 Å². The smallest absolute Gasteiger partial charge is 0.118 e. The molecule has 3 N–H and O–H groups in total. The van der Waals surface area contributed by atoms with E-state index in [1.807, 2.05) is 12.1 Å². The van der Waals surface area contributed by atoms with Gasteiger partial charge in [-0.05, 0) is 44.6 Å². The summed E-state index contributed by atoms with van der Waals surface area (Å²) in [5.41, 5.74) is 4.37. The van der Waals surface area contributed by atoms with E-state index in [4.69, 9.17) is 10.6 Å². The Hall–Kier alpha value is -1.10. The van der Waals surface area contributed by atoms with Crippen molar-refractivity contribution in [3.8, 4) is 5.75 Å². The molecule has 1 aromatic rings. The Morgan fingerprint density at radius 2 is 1.79 bits per heavy atom. The van der Waals surface area contributed by atoms with Crippen molar-refractivity contribution in [2.75, 3.05) is 21.2 Å². The lowest BCUT2D eigenvalue weighted by Gasteiger charge is -2.43. The Bertz CT molecular complexity index is 396. The van der Waals surface area contributed by atoms with Gasteiger partial charge in [-0.3, -0.25) is 11.3 Å². The SMILES string of the molecule is COc1ccc(C(NN)C2(N(C)C)CCCC2)cc1. The zero-order chi connectivity index (χ0) is 13.9. The Kier molecular flexibility index (Phi) is 4.45. The minimum Gasteiger partial charge on any atom is -0.497 e. The van der Waals surface area contributed by atoms with Crippen LogP contribution in [0.1, 0.15) is 37.3 Å². The maximum absolute atomic E-state index is 5.87. The van der Waals surface area contributed by atoms with Gasteiger partial charge in [0.15, 0.2) is 0 Å². The molecule has 0 amide bonds. The van der Waals surface area contributed by atoms with Crippen LogP contribution in [0.2, 0.25) is 0 Å². The molecule has 106 valence electrons. The lowest BCUT2D eigenvalue weighted by molar-refractivity contribution is 0.105. The molecule has 2 rings (SSSR count). The van der Waals surface area contributed by atoms with Crippen LogP contribution >= 0.6 is 0 Å². The van der Waals surface area contributed by atoms with Crippen LogP contribution < -0.4 is 16.0 Å². The van der Waals surface area contributed by atoms with Gasteiger partial charge in [-0.2, -0.15) is 0 Å². The number of hydrogen-bond acceptors (Lipinski definition) is 4. The van der Waals surface area contributed by atoms with Crippen molar-refractivity contribution in [2.24, 2.45) is 5.84 Å². The van der Waals surface area contributed by atoms with Crippen LogP contribution in [0.3, 0.4) is 0 Å². The molecule has 0 radical (unpaired) electrons. The first kappa shape index (κ1) is 14.3. The van der Waals surface area contributed by atoms with Crippen molar-refractivity contribution in [3.63, 3.8) is 0 Å². The van der Waals surface area contributed by atoms with E-state index < -0.39 is 0 Å². The summed E-state index contributed by atoms with van der Waals surface area (Å²) >= 11 is 0. The average molecular weight is 263 g/mol. The molecule has 0 spiro atoms. The van der Waals surface area contributed by atoms with E-state index in [0.717, 1.165) is 5.75 Å². The Balaban J connectivity index is 2.31. The summed E-state index contributed by atoms with van der Waals surface area (Å²) in [5.74, 6) is 6.75. The minimum absolute atomic E-state index is 0.114. The van der Waals surface area contributed by atoms with E-state index in [0.29, 0.717) is 0 Å². The van der Waals surface area contributed by atoms with Crippen LogP contribution in [0.5, 0.6) is 5.75 Å². The van der Waals surface area contributed by atoms with Gasteiger partial charge in [-0.1, -0.05) is 25.0 Å². The van der Waals surface area contributed by atoms with Crippen LogP contribution in [-0.4, -0.2) is 31.6 Å². The van der Waals surface area contributed by atoms with Crippen molar-refractivity contribution >= 4 is 0 Å². The number of nitrogens with two attached hydrogens (primary N) is 1. The summed E-state index contributed by atoms with van der Waals surface area (Å²) in [6.45, 7) is 0. The van der Waals surface area contributed by atoms with E-state index in [2.05, 4.69) is 36.6 Å². The zero-order valence-electron chi connectivity index (χ0n) is 12.1. The number of ether oxygens (including phenoxy) is 1. The summed E-state index contributed by atoms with van der Waals surface area (Å²) < 4.78 is 5.22. The van der Waals surface area contributed by atoms with E-state index in [1.165, 1.54) is 31.2 Å². The second-order valence-corrected chi connectivity index (χ2v) is 5.58.